The Labute approximate surface area is 181 Å². The van der Waals surface area contributed by atoms with Crippen molar-refractivity contribution in [3.63, 3.8) is 0 Å². The van der Waals surface area contributed by atoms with Crippen LogP contribution >= 0.6 is 23.2 Å². The lowest BCUT2D eigenvalue weighted by Crippen LogP contribution is -2.41. The molecule has 0 spiro atoms. The van der Waals surface area contributed by atoms with E-state index in [9.17, 15) is 13.2 Å². The van der Waals surface area contributed by atoms with Gasteiger partial charge in [-0.2, -0.15) is 4.31 Å². The van der Waals surface area contributed by atoms with Crippen LogP contribution in [-0.2, 0) is 26.0 Å². The van der Waals surface area contributed by atoms with Crippen molar-refractivity contribution >= 4 is 39.1 Å². The number of benzene rings is 1. The van der Waals surface area contributed by atoms with Crippen LogP contribution in [0.1, 0.15) is 5.56 Å². The Balaban J connectivity index is 2.47. The lowest BCUT2D eigenvalue weighted by atomic mass is 10.1. The second kappa shape index (κ2) is 11.2. The average Bonchev–Trinajstić information content (AvgIpc) is 2.73. The van der Waals surface area contributed by atoms with Gasteiger partial charge in [0, 0.05) is 44.0 Å². The number of amides is 1. The minimum absolute atomic E-state index is 0.0158. The van der Waals surface area contributed by atoms with E-state index in [4.69, 9.17) is 37.4 Å². The van der Waals surface area contributed by atoms with Gasteiger partial charge in [0.25, 0.3) is 0 Å². The van der Waals surface area contributed by atoms with Crippen LogP contribution in [-0.4, -0.2) is 88.9 Å². The van der Waals surface area contributed by atoms with Gasteiger partial charge in [0.1, 0.15) is 0 Å². The van der Waals surface area contributed by atoms with Gasteiger partial charge in [-0.25, -0.2) is 8.42 Å². The first kappa shape index (κ1) is 24.0. The summed E-state index contributed by atoms with van der Waals surface area (Å²) >= 11 is 11.6. The predicted octanol–water partition coefficient (Wildman–Crippen LogP) is 1.57. The Morgan fingerprint density at radius 3 is 2.17 bits per heavy atom. The van der Waals surface area contributed by atoms with Crippen LogP contribution in [0.5, 0.6) is 11.5 Å². The molecule has 0 aliphatic carbocycles. The van der Waals surface area contributed by atoms with E-state index >= 15 is 0 Å². The fourth-order valence-electron chi connectivity index (χ4n) is 3.05. The molecule has 1 saturated heterocycles. The highest BCUT2D eigenvalue weighted by molar-refractivity contribution is 7.89. The van der Waals surface area contributed by atoms with E-state index in [1.807, 2.05) is 0 Å². The molecule has 0 N–H and O–H groups in total. The smallest absolute Gasteiger partial charge is 0.243 e. The SMILES string of the molecule is COc1cc(CC(=O)N(CCCl)CCCl)c(S(=O)(=O)N2CCOCC2)cc1OC. The summed E-state index contributed by atoms with van der Waals surface area (Å²) in [5.41, 5.74) is 0.327. The molecule has 164 valence electrons. The molecule has 1 aromatic carbocycles. The second-order valence-electron chi connectivity index (χ2n) is 6.27. The van der Waals surface area contributed by atoms with Crippen molar-refractivity contribution in [3.8, 4) is 11.5 Å². The number of halogens is 2. The molecule has 0 aromatic heterocycles. The van der Waals surface area contributed by atoms with Crippen molar-refractivity contribution in [1.82, 2.24) is 9.21 Å². The fourth-order valence-corrected chi connectivity index (χ4v) is 5.08. The summed E-state index contributed by atoms with van der Waals surface area (Å²) in [4.78, 5) is 14.3. The molecule has 1 heterocycles. The molecule has 1 aromatic rings. The average molecular weight is 469 g/mol. The zero-order valence-corrected chi connectivity index (χ0v) is 18.9. The highest BCUT2D eigenvalue weighted by Crippen LogP contribution is 2.34. The second-order valence-corrected chi connectivity index (χ2v) is 8.93. The number of hydrogen-bond acceptors (Lipinski definition) is 6. The Hall–Kier alpha value is -1.26. The van der Waals surface area contributed by atoms with Crippen molar-refractivity contribution in [2.24, 2.45) is 0 Å². The number of ether oxygens (including phenoxy) is 3. The molecule has 0 bridgehead atoms. The Morgan fingerprint density at radius 2 is 1.66 bits per heavy atom. The first-order valence-corrected chi connectivity index (χ1v) is 11.6. The van der Waals surface area contributed by atoms with Crippen molar-refractivity contribution in [3.05, 3.63) is 17.7 Å². The van der Waals surface area contributed by atoms with Gasteiger partial charge in [0.05, 0.1) is 38.7 Å². The van der Waals surface area contributed by atoms with Crippen LogP contribution in [0.15, 0.2) is 17.0 Å². The first-order valence-electron chi connectivity index (χ1n) is 9.11. The van der Waals surface area contributed by atoms with Crippen molar-refractivity contribution in [1.29, 1.82) is 0 Å². The van der Waals surface area contributed by atoms with E-state index in [0.717, 1.165) is 0 Å². The van der Waals surface area contributed by atoms with Crippen LogP contribution in [0.3, 0.4) is 0 Å². The molecule has 8 nitrogen and oxygen atoms in total. The molecule has 1 aliphatic heterocycles. The Bertz CT molecular complexity index is 794. The van der Waals surface area contributed by atoms with Gasteiger partial charge < -0.3 is 19.1 Å². The molecule has 11 heteroatoms. The Kier molecular flexibility index (Phi) is 9.29. The van der Waals surface area contributed by atoms with E-state index in [1.54, 1.807) is 0 Å². The summed E-state index contributed by atoms with van der Waals surface area (Å²) in [5, 5.41) is 0. The minimum atomic E-state index is -3.85. The summed E-state index contributed by atoms with van der Waals surface area (Å²) in [6.45, 7) is 1.78. The maximum atomic E-state index is 13.3. The third kappa shape index (κ3) is 5.88. The normalized spacial score (nSPS) is 15.2. The monoisotopic (exact) mass is 468 g/mol. The Morgan fingerprint density at radius 1 is 1.10 bits per heavy atom. The van der Waals surface area contributed by atoms with E-state index in [0.29, 0.717) is 37.6 Å². The fraction of sp³-hybridized carbons (Fsp3) is 0.611. The van der Waals surface area contributed by atoms with Crippen molar-refractivity contribution in [2.45, 2.75) is 11.3 Å². The highest BCUT2D eigenvalue weighted by atomic mass is 35.5. The molecule has 0 unspecified atom stereocenters. The number of hydrogen-bond donors (Lipinski definition) is 0. The third-order valence-corrected chi connectivity index (χ3v) is 6.88. The van der Waals surface area contributed by atoms with Gasteiger partial charge in [0.15, 0.2) is 11.5 Å². The molecule has 1 aliphatic rings. The molecule has 29 heavy (non-hydrogen) atoms. The topological polar surface area (TPSA) is 85.4 Å². The standard InChI is InChI=1S/C18H26Cl2N2O6S/c1-26-15-11-14(12-18(23)21(5-3-19)6-4-20)17(13-16(15)27-2)29(24,25)22-7-9-28-10-8-22/h11,13H,3-10,12H2,1-2H3. The van der Waals surface area contributed by atoms with E-state index in [-0.39, 0.29) is 47.8 Å². The molecule has 2 rings (SSSR count). The quantitative estimate of drug-likeness (QED) is 0.484. The number of alkyl halides is 2. The summed E-state index contributed by atoms with van der Waals surface area (Å²) in [6, 6.07) is 2.93. The molecule has 1 fully saturated rings. The van der Waals surface area contributed by atoms with Crippen molar-refractivity contribution < 1.29 is 27.4 Å². The van der Waals surface area contributed by atoms with E-state index < -0.39 is 10.0 Å². The summed E-state index contributed by atoms with van der Waals surface area (Å²) in [6.07, 6.45) is -0.132. The third-order valence-electron chi connectivity index (χ3n) is 4.56. The predicted molar refractivity (Wildman–Crippen MR) is 111 cm³/mol. The molecular formula is C18H26Cl2N2O6S. The van der Waals surface area contributed by atoms with Crippen molar-refractivity contribution in [2.75, 3.05) is 65.4 Å². The molecule has 1 amide bonds. The molecule has 0 radical (unpaired) electrons. The van der Waals surface area contributed by atoms with E-state index in [2.05, 4.69) is 0 Å². The van der Waals surface area contributed by atoms with Crippen LogP contribution in [0, 0.1) is 0 Å². The lowest BCUT2D eigenvalue weighted by molar-refractivity contribution is -0.130. The molecule has 0 saturated carbocycles. The first-order chi connectivity index (χ1) is 13.9. The number of nitrogens with zero attached hydrogens (tertiary/aromatic N) is 2. The molecular weight excluding hydrogens is 443 g/mol. The zero-order chi connectivity index (χ0) is 21.4. The number of methoxy groups -OCH3 is 2. The maximum Gasteiger partial charge on any atom is 0.243 e. The number of sulfonamides is 1. The van der Waals surface area contributed by atoms with Crippen LogP contribution in [0.2, 0.25) is 0 Å². The largest absolute Gasteiger partial charge is 0.493 e. The zero-order valence-electron chi connectivity index (χ0n) is 16.5. The maximum absolute atomic E-state index is 13.3. The summed E-state index contributed by atoms with van der Waals surface area (Å²) in [5.74, 6) is 0.865. The molecule has 0 atom stereocenters. The van der Waals surface area contributed by atoms with Gasteiger partial charge in [-0.3, -0.25) is 4.79 Å². The van der Waals surface area contributed by atoms with Gasteiger partial charge >= 0.3 is 0 Å². The summed E-state index contributed by atoms with van der Waals surface area (Å²) in [7, 11) is -0.973. The summed E-state index contributed by atoms with van der Waals surface area (Å²) < 4.78 is 43.8. The number of morpholine rings is 1. The van der Waals surface area contributed by atoms with Crippen LogP contribution in [0.25, 0.3) is 0 Å². The lowest BCUT2D eigenvalue weighted by Gasteiger charge is -2.28. The highest BCUT2D eigenvalue weighted by Gasteiger charge is 2.31. The van der Waals surface area contributed by atoms with Crippen LogP contribution < -0.4 is 9.47 Å². The van der Waals surface area contributed by atoms with E-state index in [1.165, 1.54) is 35.6 Å². The van der Waals surface area contributed by atoms with Gasteiger partial charge in [0.2, 0.25) is 15.9 Å². The number of carbonyl (C=O) groups excluding carboxylic acids is 1. The number of rotatable bonds is 10. The van der Waals surface area contributed by atoms with Gasteiger partial charge in [-0.15, -0.1) is 23.2 Å². The number of carbonyl (C=O) groups is 1. The van der Waals surface area contributed by atoms with Gasteiger partial charge in [-0.1, -0.05) is 0 Å². The van der Waals surface area contributed by atoms with Gasteiger partial charge in [-0.05, 0) is 11.6 Å². The minimum Gasteiger partial charge on any atom is -0.493 e. The van der Waals surface area contributed by atoms with Crippen LogP contribution in [0.4, 0.5) is 0 Å².